The van der Waals surface area contributed by atoms with E-state index in [2.05, 4.69) is 22.9 Å². The van der Waals surface area contributed by atoms with Crippen molar-refractivity contribution in [1.29, 1.82) is 0 Å². The number of halogens is 1. The number of rotatable bonds is 6. The van der Waals surface area contributed by atoms with Crippen LogP contribution >= 0.6 is 15.9 Å². The minimum atomic E-state index is -0.103. The van der Waals surface area contributed by atoms with Crippen LogP contribution in [0.25, 0.3) is 0 Å². The van der Waals surface area contributed by atoms with E-state index >= 15 is 0 Å². The van der Waals surface area contributed by atoms with Crippen molar-refractivity contribution in [2.45, 2.75) is 32.6 Å². The smallest absolute Gasteiger partial charge is 0.306 e. The summed E-state index contributed by atoms with van der Waals surface area (Å²) in [6.07, 6.45) is 3.20. The van der Waals surface area contributed by atoms with Gasteiger partial charge in [-0.3, -0.25) is 4.79 Å². The Bertz CT molecular complexity index is 336. The highest BCUT2D eigenvalue weighted by Gasteiger charge is 2.03. The van der Waals surface area contributed by atoms with Gasteiger partial charge < -0.3 is 4.74 Å². The Balaban J connectivity index is 2.26. The van der Waals surface area contributed by atoms with Crippen LogP contribution in [0.15, 0.2) is 28.7 Å². The lowest BCUT2D eigenvalue weighted by Gasteiger charge is -2.04. The summed E-state index contributed by atoms with van der Waals surface area (Å²) in [5.74, 6) is -0.103. The first-order chi connectivity index (χ1) is 7.72. The Kier molecular flexibility index (Phi) is 6.16. The SMILES string of the molecule is CCCCOC(=O)CCc1cccc(Br)c1. The zero-order valence-electron chi connectivity index (χ0n) is 9.54. The molecular weight excluding hydrogens is 268 g/mol. The van der Waals surface area contributed by atoms with Gasteiger partial charge in [-0.1, -0.05) is 41.4 Å². The number of esters is 1. The van der Waals surface area contributed by atoms with Gasteiger partial charge in [-0.15, -0.1) is 0 Å². The van der Waals surface area contributed by atoms with Crippen LogP contribution in [-0.2, 0) is 16.0 Å². The quantitative estimate of drug-likeness (QED) is 0.588. The number of aryl methyl sites for hydroxylation is 1. The third-order valence-electron chi connectivity index (χ3n) is 2.27. The molecule has 0 heterocycles. The van der Waals surface area contributed by atoms with Crippen LogP contribution in [0.4, 0.5) is 0 Å². The summed E-state index contributed by atoms with van der Waals surface area (Å²) in [4.78, 5) is 11.3. The second-order valence-electron chi connectivity index (χ2n) is 3.70. The predicted octanol–water partition coefficient (Wildman–Crippen LogP) is 3.73. The molecule has 0 bridgehead atoms. The van der Waals surface area contributed by atoms with Gasteiger partial charge in [0.15, 0.2) is 0 Å². The molecule has 1 rings (SSSR count). The summed E-state index contributed by atoms with van der Waals surface area (Å²) in [6, 6.07) is 7.99. The Labute approximate surface area is 105 Å². The Morgan fingerprint density at radius 1 is 1.44 bits per heavy atom. The molecule has 0 N–H and O–H groups in total. The molecule has 88 valence electrons. The summed E-state index contributed by atoms with van der Waals surface area (Å²) >= 11 is 3.40. The second-order valence-corrected chi connectivity index (χ2v) is 4.62. The fourth-order valence-electron chi connectivity index (χ4n) is 1.34. The average molecular weight is 285 g/mol. The molecule has 0 aliphatic carbocycles. The molecule has 0 fully saturated rings. The van der Waals surface area contributed by atoms with Crippen LogP contribution in [0.5, 0.6) is 0 Å². The van der Waals surface area contributed by atoms with Crippen molar-refractivity contribution in [3.63, 3.8) is 0 Å². The molecule has 0 aromatic heterocycles. The largest absolute Gasteiger partial charge is 0.466 e. The van der Waals surface area contributed by atoms with Crippen LogP contribution in [0.2, 0.25) is 0 Å². The third-order valence-corrected chi connectivity index (χ3v) is 2.76. The highest BCUT2D eigenvalue weighted by atomic mass is 79.9. The molecule has 0 aliphatic heterocycles. The van der Waals surface area contributed by atoms with Crippen molar-refractivity contribution >= 4 is 21.9 Å². The summed E-state index contributed by atoms with van der Waals surface area (Å²) in [7, 11) is 0. The van der Waals surface area contributed by atoms with Gasteiger partial charge in [0, 0.05) is 10.9 Å². The minimum Gasteiger partial charge on any atom is -0.466 e. The standard InChI is InChI=1S/C13H17BrO2/c1-2-3-9-16-13(15)8-7-11-5-4-6-12(14)10-11/h4-6,10H,2-3,7-9H2,1H3. The normalized spacial score (nSPS) is 10.1. The highest BCUT2D eigenvalue weighted by molar-refractivity contribution is 9.10. The lowest BCUT2D eigenvalue weighted by atomic mass is 10.1. The minimum absolute atomic E-state index is 0.103. The van der Waals surface area contributed by atoms with Crippen molar-refractivity contribution < 1.29 is 9.53 Å². The molecule has 0 spiro atoms. The Morgan fingerprint density at radius 2 is 2.25 bits per heavy atom. The van der Waals surface area contributed by atoms with Gasteiger partial charge in [-0.2, -0.15) is 0 Å². The molecule has 0 amide bonds. The van der Waals surface area contributed by atoms with Crippen LogP contribution in [-0.4, -0.2) is 12.6 Å². The van der Waals surface area contributed by atoms with E-state index in [1.165, 1.54) is 0 Å². The fourth-order valence-corrected chi connectivity index (χ4v) is 1.79. The first-order valence-corrected chi connectivity index (χ1v) is 6.41. The maximum absolute atomic E-state index is 11.3. The van der Waals surface area contributed by atoms with Gasteiger partial charge in [0.05, 0.1) is 6.61 Å². The van der Waals surface area contributed by atoms with Crippen molar-refractivity contribution in [3.8, 4) is 0 Å². The number of carbonyl (C=O) groups is 1. The Hall–Kier alpha value is -0.830. The molecule has 0 saturated carbocycles. The molecule has 0 radical (unpaired) electrons. The molecule has 0 unspecified atom stereocenters. The number of benzene rings is 1. The summed E-state index contributed by atoms with van der Waals surface area (Å²) in [5, 5.41) is 0. The summed E-state index contributed by atoms with van der Waals surface area (Å²) in [5.41, 5.74) is 1.15. The van der Waals surface area contributed by atoms with Crippen LogP contribution < -0.4 is 0 Å². The second kappa shape index (κ2) is 7.44. The lowest BCUT2D eigenvalue weighted by Crippen LogP contribution is -2.06. The van der Waals surface area contributed by atoms with Crippen LogP contribution in [0.1, 0.15) is 31.7 Å². The van der Waals surface area contributed by atoms with Gasteiger partial charge >= 0.3 is 5.97 Å². The van der Waals surface area contributed by atoms with Gasteiger partial charge in [0.25, 0.3) is 0 Å². The molecule has 0 atom stereocenters. The topological polar surface area (TPSA) is 26.3 Å². The maximum Gasteiger partial charge on any atom is 0.306 e. The van der Waals surface area contributed by atoms with Crippen LogP contribution in [0, 0.1) is 0 Å². The fraction of sp³-hybridized carbons (Fsp3) is 0.462. The van der Waals surface area contributed by atoms with Crippen molar-refractivity contribution in [3.05, 3.63) is 34.3 Å². The van der Waals surface area contributed by atoms with Gasteiger partial charge in [0.1, 0.15) is 0 Å². The van der Waals surface area contributed by atoms with E-state index < -0.39 is 0 Å². The van der Waals surface area contributed by atoms with E-state index in [1.54, 1.807) is 0 Å². The highest BCUT2D eigenvalue weighted by Crippen LogP contribution is 2.13. The summed E-state index contributed by atoms with van der Waals surface area (Å²) in [6.45, 7) is 2.63. The number of carbonyl (C=O) groups excluding carboxylic acids is 1. The van der Waals surface area contributed by atoms with E-state index in [-0.39, 0.29) is 5.97 Å². The first kappa shape index (κ1) is 13.2. The molecule has 2 nitrogen and oxygen atoms in total. The average Bonchev–Trinajstić information content (AvgIpc) is 2.27. The van der Waals surface area contributed by atoms with Gasteiger partial charge in [-0.25, -0.2) is 0 Å². The zero-order valence-corrected chi connectivity index (χ0v) is 11.1. The van der Waals surface area contributed by atoms with E-state index in [9.17, 15) is 4.79 Å². The van der Waals surface area contributed by atoms with Crippen molar-refractivity contribution in [2.75, 3.05) is 6.61 Å². The molecular formula is C13H17BrO2. The van der Waals surface area contributed by atoms with E-state index in [1.807, 2.05) is 24.3 Å². The molecule has 0 aliphatic rings. The summed E-state index contributed by atoms with van der Waals surface area (Å²) < 4.78 is 6.13. The van der Waals surface area contributed by atoms with E-state index in [0.29, 0.717) is 13.0 Å². The zero-order chi connectivity index (χ0) is 11.8. The van der Waals surface area contributed by atoms with Crippen molar-refractivity contribution in [1.82, 2.24) is 0 Å². The van der Waals surface area contributed by atoms with E-state index in [0.717, 1.165) is 29.3 Å². The molecule has 1 aromatic carbocycles. The number of unbranched alkanes of at least 4 members (excludes halogenated alkanes) is 1. The van der Waals surface area contributed by atoms with E-state index in [4.69, 9.17) is 4.74 Å². The molecule has 0 saturated heterocycles. The monoisotopic (exact) mass is 284 g/mol. The maximum atomic E-state index is 11.3. The number of hydrogen-bond acceptors (Lipinski definition) is 2. The third kappa shape index (κ3) is 5.31. The van der Waals surface area contributed by atoms with Gasteiger partial charge in [0.2, 0.25) is 0 Å². The predicted molar refractivity (Wildman–Crippen MR) is 68.3 cm³/mol. The lowest BCUT2D eigenvalue weighted by molar-refractivity contribution is -0.143. The Morgan fingerprint density at radius 3 is 2.94 bits per heavy atom. The first-order valence-electron chi connectivity index (χ1n) is 5.62. The molecule has 3 heteroatoms. The van der Waals surface area contributed by atoms with Gasteiger partial charge in [-0.05, 0) is 30.5 Å². The van der Waals surface area contributed by atoms with Crippen molar-refractivity contribution in [2.24, 2.45) is 0 Å². The molecule has 16 heavy (non-hydrogen) atoms. The molecule has 1 aromatic rings. The number of hydrogen-bond donors (Lipinski definition) is 0. The number of ether oxygens (including phenoxy) is 1. The van der Waals surface area contributed by atoms with Crippen LogP contribution in [0.3, 0.4) is 0 Å².